The topological polar surface area (TPSA) is 93.4 Å². The van der Waals surface area contributed by atoms with Crippen LogP contribution in [-0.2, 0) is 4.74 Å². The summed E-state index contributed by atoms with van der Waals surface area (Å²) in [6.45, 7) is 2.57. The Morgan fingerprint density at radius 3 is 2.76 bits per heavy atom. The highest BCUT2D eigenvalue weighted by molar-refractivity contribution is 7.03. The molecule has 0 spiro atoms. The van der Waals surface area contributed by atoms with E-state index in [0.717, 1.165) is 22.3 Å². The van der Waals surface area contributed by atoms with Gasteiger partial charge in [-0.2, -0.15) is 0 Å². The molecule has 170 valence electrons. The minimum absolute atomic E-state index is 0.151. The van der Waals surface area contributed by atoms with E-state index in [9.17, 15) is 9.90 Å². The molecule has 1 N–H and O–H groups in total. The lowest BCUT2D eigenvalue weighted by atomic mass is 10.1. The Kier molecular flexibility index (Phi) is 5.17. The number of benzene rings is 2. The number of hydrogen-bond acceptors (Lipinski definition) is 7. The molecular weight excluding hydrogens is 474 g/mol. The smallest absolute Gasteiger partial charge is 0.338 e. The quantitative estimate of drug-likeness (QED) is 0.382. The van der Waals surface area contributed by atoms with E-state index in [1.54, 1.807) is 24.5 Å². The van der Waals surface area contributed by atoms with Crippen LogP contribution in [0.15, 0.2) is 54.2 Å². The Morgan fingerprint density at radius 2 is 2.00 bits per heavy atom. The van der Waals surface area contributed by atoms with E-state index >= 15 is 0 Å². The number of carbonyl (C=O) groups is 1. The number of nitrogens with zero attached hydrogens (tertiary/aromatic N) is 5. The Morgan fingerprint density at radius 1 is 1.15 bits per heavy atom. The van der Waals surface area contributed by atoms with Crippen LogP contribution in [0.5, 0.6) is 0 Å². The summed E-state index contributed by atoms with van der Waals surface area (Å²) in [6, 6.07) is 11.2. The molecule has 0 atom stereocenters. The molecule has 4 heterocycles. The van der Waals surface area contributed by atoms with Crippen molar-refractivity contribution < 1.29 is 14.6 Å². The van der Waals surface area contributed by atoms with Crippen LogP contribution < -0.4 is 4.90 Å². The zero-order valence-electron chi connectivity index (χ0n) is 17.8. The number of morpholine rings is 1. The van der Waals surface area contributed by atoms with Gasteiger partial charge in [-0.05, 0) is 35.8 Å². The first kappa shape index (κ1) is 21.0. The van der Waals surface area contributed by atoms with Gasteiger partial charge in [0.05, 0.1) is 46.7 Å². The maximum absolute atomic E-state index is 12.3. The third kappa shape index (κ3) is 3.40. The second-order valence-corrected chi connectivity index (χ2v) is 8.98. The summed E-state index contributed by atoms with van der Waals surface area (Å²) >= 11 is 7.77. The first-order valence-corrected chi connectivity index (χ1v) is 11.9. The fourth-order valence-corrected chi connectivity index (χ4v) is 5.14. The fraction of sp³-hybridized carbons (Fsp3) is 0.167. The first-order chi connectivity index (χ1) is 16.6. The molecule has 1 aliphatic heterocycles. The van der Waals surface area contributed by atoms with Gasteiger partial charge in [-0.15, -0.1) is 0 Å². The Bertz CT molecular complexity index is 1540. The van der Waals surface area contributed by atoms with Gasteiger partial charge in [-0.1, -0.05) is 23.7 Å². The lowest BCUT2D eigenvalue weighted by Gasteiger charge is -2.29. The van der Waals surface area contributed by atoms with Crippen LogP contribution in [-0.4, -0.2) is 56.3 Å². The molecule has 5 aromatic rings. The Labute approximate surface area is 203 Å². The van der Waals surface area contributed by atoms with E-state index in [-0.39, 0.29) is 5.56 Å². The zero-order chi connectivity index (χ0) is 23.2. The maximum atomic E-state index is 12.3. The Balaban J connectivity index is 1.72. The maximum Gasteiger partial charge on any atom is 0.338 e. The number of para-hydroxylation sites is 1. The number of pyridine rings is 1. The van der Waals surface area contributed by atoms with E-state index in [2.05, 4.69) is 14.3 Å². The molecule has 6 rings (SSSR count). The third-order valence-electron chi connectivity index (χ3n) is 5.98. The van der Waals surface area contributed by atoms with Gasteiger partial charge < -0.3 is 14.7 Å². The minimum atomic E-state index is -1.03. The van der Waals surface area contributed by atoms with Gasteiger partial charge in [0, 0.05) is 41.3 Å². The van der Waals surface area contributed by atoms with Crippen molar-refractivity contribution in [2.45, 2.75) is 0 Å². The number of carboxylic acids is 1. The van der Waals surface area contributed by atoms with Crippen molar-refractivity contribution in [1.29, 1.82) is 0 Å². The van der Waals surface area contributed by atoms with Crippen LogP contribution in [0.25, 0.3) is 39.0 Å². The lowest BCUT2D eigenvalue weighted by molar-refractivity contribution is 0.0699. The molecule has 10 heteroatoms. The van der Waals surface area contributed by atoms with Crippen molar-refractivity contribution in [1.82, 2.24) is 18.9 Å². The van der Waals surface area contributed by atoms with E-state index in [4.69, 9.17) is 21.3 Å². The van der Waals surface area contributed by atoms with Gasteiger partial charge in [0.25, 0.3) is 0 Å². The average molecular weight is 492 g/mol. The summed E-state index contributed by atoms with van der Waals surface area (Å²) in [5.41, 5.74) is 4.36. The molecule has 0 aliphatic carbocycles. The number of carboxylic acid groups (broad SMARTS) is 1. The normalized spacial score (nSPS) is 14.2. The van der Waals surface area contributed by atoms with Crippen LogP contribution >= 0.6 is 23.1 Å². The average Bonchev–Trinajstić information content (AvgIpc) is 3.52. The summed E-state index contributed by atoms with van der Waals surface area (Å²) in [7, 11) is 0. The summed E-state index contributed by atoms with van der Waals surface area (Å²) in [5, 5.41) is 13.4. The van der Waals surface area contributed by atoms with Gasteiger partial charge in [-0.25, -0.2) is 14.2 Å². The van der Waals surface area contributed by atoms with Crippen molar-refractivity contribution in [3.05, 3.63) is 64.8 Å². The number of halogens is 1. The van der Waals surface area contributed by atoms with Crippen molar-refractivity contribution in [3.8, 4) is 17.1 Å². The van der Waals surface area contributed by atoms with Crippen LogP contribution in [0.2, 0.25) is 5.02 Å². The van der Waals surface area contributed by atoms with Crippen LogP contribution in [0, 0.1) is 0 Å². The molecule has 0 amide bonds. The number of hydrogen-bond donors (Lipinski definition) is 1. The highest BCUT2D eigenvalue weighted by atomic mass is 35.5. The molecule has 1 fully saturated rings. The number of fused-ring (bicyclic) bond motifs is 2. The van der Waals surface area contributed by atoms with Gasteiger partial charge in [0.2, 0.25) is 0 Å². The van der Waals surface area contributed by atoms with E-state index < -0.39 is 5.97 Å². The van der Waals surface area contributed by atoms with Crippen molar-refractivity contribution in [2.24, 2.45) is 0 Å². The standard InChI is InChI=1S/C24H18ClN5O3S/c25-18-3-1-2-16-19(4-5-26-21(16)18)30-20-11-15(29-6-8-33-9-7-29)10-17(24(31)32)22(20)28-23(30)14-12-27-34-13-14/h1-5,10-13H,6-9H2,(H,31,32). The summed E-state index contributed by atoms with van der Waals surface area (Å²) in [6.07, 6.45) is 3.44. The summed E-state index contributed by atoms with van der Waals surface area (Å²) in [4.78, 5) is 23.7. The zero-order valence-corrected chi connectivity index (χ0v) is 19.4. The summed E-state index contributed by atoms with van der Waals surface area (Å²) in [5.74, 6) is -0.416. The monoisotopic (exact) mass is 491 g/mol. The molecule has 3 aromatic heterocycles. The number of rotatable bonds is 4. The SMILES string of the molecule is O=C(O)c1cc(N2CCOCC2)cc2c1nc(-c1cnsc1)n2-c1ccnc2c(Cl)cccc12. The molecule has 1 saturated heterocycles. The van der Waals surface area contributed by atoms with E-state index in [1.807, 2.05) is 34.2 Å². The highest BCUT2D eigenvalue weighted by Gasteiger charge is 2.24. The number of aromatic carboxylic acids is 1. The predicted octanol–water partition coefficient (Wildman–Crippen LogP) is 4.89. The van der Waals surface area contributed by atoms with Crippen molar-refractivity contribution in [3.63, 3.8) is 0 Å². The second kappa shape index (κ2) is 8.35. The molecule has 1 aliphatic rings. The highest BCUT2D eigenvalue weighted by Crippen LogP contribution is 2.36. The molecule has 0 radical (unpaired) electrons. The predicted molar refractivity (Wildman–Crippen MR) is 132 cm³/mol. The fourth-order valence-electron chi connectivity index (χ4n) is 4.40. The first-order valence-electron chi connectivity index (χ1n) is 10.7. The van der Waals surface area contributed by atoms with Crippen molar-refractivity contribution in [2.75, 3.05) is 31.2 Å². The van der Waals surface area contributed by atoms with Gasteiger partial charge in [-0.3, -0.25) is 9.55 Å². The second-order valence-electron chi connectivity index (χ2n) is 7.92. The molecular formula is C24H18ClN5O3S. The third-order valence-corrected chi connectivity index (χ3v) is 6.87. The molecule has 0 unspecified atom stereocenters. The van der Waals surface area contributed by atoms with Crippen LogP contribution in [0.3, 0.4) is 0 Å². The number of aromatic nitrogens is 4. The van der Waals surface area contributed by atoms with Gasteiger partial charge >= 0.3 is 5.97 Å². The van der Waals surface area contributed by atoms with Gasteiger partial charge in [0.15, 0.2) is 0 Å². The molecule has 0 bridgehead atoms. The van der Waals surface area contributed by atoms with E-state index in [1.165, 1.54) is 11.5 Å². The molecule has 34 heavy (non-hydrogen) atoms. The van der Waals surface area contributed by atoms with Crippen LogP contribution in [0.1, 0.15) is 10.4 Å². The largest absolute Gasteiger partial charge is 0.478 e. The molecule has 8 nitrogen and oxygen atoms in total. The van der Waals surface area contributed by atoms with Crippen molar-refractivity contribution >= 4 is 56.7 Å². The number of anilines is 1. The molecule has 0 saturated carbocycles. The van der Waals surface area contributed by atoms with E-state index in [0.29, 0.717) is 53.7 Å². The minimum Gasteiger partial charge on any atom is -0.478 e. The van der Waals surface area contributed by atoms with Gasteiger partial charge in [0.1, 0.15) is 11.3 Å². The van der Waals surface area contributed by atoms with Crippen LogP contribution in [0.4, 0.5) is 5.69 Å². The Hall–Kier alpha value is -3.53. The number of imidazole rings is 1. The summed E-state index contributed by atoms with van der Waals surface area (Å²) < 4.78 is 11.7. The number of ether oxygens (including phenoxy) is 1. The lowest BCUT2D eigenvalue weighted by Crippen LogP contribution is -2.36. The molecule has 2 aromatic carbocycles.